The summed E-state index contributed by atoms with van der Waals surface area (Å²) in [6, 6.07) is 11.4. The number of hydrogen-bond acceptors (Lipinski definition) is 6. The maximum atomic E-state index is 12.5. The monoisotopic (exact) mass is 434 g/mol. The summed E-state index contributed by atoms with van der Waals surface area (Å²) >= 11 is 0. The van der Waals surface area contributed by atoms with E-state index in [1.54, 1.807) is 63.2 Å². The molecule has 1 N–H and O–H groups in total. The lowest BCUT2D eigenvalue weighted by atomic mass is 10.1. The second-order valence-electron chi connectivity index (χ2n) is 6.67. The fraction of sp³-hybridized carbons (Fsp3) is 0.333. The molecule has 0 aliphatic heterocycles. The standard InChI is InChI=1S/C21H26N2O6S/c1-6-28-21(25)18-8-7-9-19(14(18)2)22-20(24)15(3)29-17-12-10-16(11-13-17)23(4)30(5,26)27/h7-13,15H,6H2,1-5H3,(H,22,24)/t15-/m1/s1. The van der Waals surface area contributed by atoms with Gasteiger partial charge in [-0.25, -0.2) is 13.2 Å². The number of nitrogens with zero attached hydrogens (tertiary/aromatic N) is 1. The van der Waals surface area contributed by atoms with Gasteiger partial charge in [0.25, 0.3) is 5.91 Å². The largest absolute Gasteiger partial charge is 0.481 e. The van der Waals surface area contributed by atoms with Gasteiger partial charge < -0.3 is 14.8 Å². The summed E-state index contributed by atoms with van der Waals surface area (Å²) in [5.74, 6) is -0.425. The van der Waals surface area contributed by atoms with Gasteiger partial charge in [-0.1, -0.05) is 6.07 Å². The number of benzene rings is 2. The molecule has 0 aliphatic rings. The zero-order chi connectivity index (χ0) is 22.5. The lowest BCUT2D eigenvalue weighted by Gasteiger charge is -2.19. The zero-order valence-corrected chi connectivity index (χ0v) is 18.4. The van der Waals surface area contributed by atoms with E-state index in [4.69, 9.17) is 9.47 Å². The van der Waals surface area contributed by atoms with Crippen molar-refractivity contribution in [3.8, 4) is 5.75 Å². The van der Waals surface area contributed by atoms with Crippen LogP contribution in [0.2, 0.25) is 0 Å². The summed E-state index contributed by atoms with van der Waals surface area (Å²) in [5, 5.41) is 2.76. The maximum absolute atomic E-state index is 12.5. The Labute approximate surface area is 176 Å². The van der Waals surface area contributed by atoms with Crippen molar-refractivity contribution in [2.75, 3.05) is 29.5 Å². The quantitative estimate of drug-likeness (QED) is 0.641. The van der Waals surface area contributed by atoms with Gasteiger partial charge in [0.05, 0.1) is 24.1 Å². The molecule has 8 nitrogen and oxygen atoms in total. The van der Waals surface area contributed by atoms with E-state index in [-0.39, 0.29) is 6.61 Å². The molecule has 0 aromatic heterocycles. The molecule has 1 atom stereocenters. The number of rotatable bonds is 8. The van der Waals surface area contributed by atoms with Crippen molar-refractivity contribution in [1.82, 2.24) is 0 Å². The first-order valence-electron chi connectivity index (χ1n) is 9.32. The highest BCUT2D eigenvalue weighted by atomic mass is 32.2. The predicted molar refractivity (Wildman–Crippen MR) is 116 cm³/mol. The van der Waals surface area contributed by atoms with Gasteiger partial charge in [-0.3, -0.25) is 9.10 Å². The Bertz CT molecular complexity index is 1020. The summed E-state index contributed by atoms with van der Waals surface area (Å²) in [6.07, 6.45) is 0.289. The number of carbonyl (C=O) groups is 2. The normalized spacial score (nSPS) is 12.0. The maximum Gasteiger partial charge on any atom is 0.338 e. The molecule has 162 valence electrons. The van der Waals surface area contributed by atoms with E-state index in [1.807, 2.05) is 0 Å². The summed E-state index contributed by atoms with van der Waals surface area (Å²) in [5.41, 5.74) is 1.96. The summed E-state index contributed by atoms with van der Waals surface area (Å²) in [4.78, 5) is 24.6. The molecule has 0 bridgehead atoms. The van der Waals surface area contributed by atoms with E-state index in [2.05, 4.69) is 5.32 Å². The first-order chi connectivity index (χ1) is 14.0. The van der Waals surface area contributed by atoms with Crippen LogP contribution in [0, 0.1) is 6.92 Å². The average Bonchev–Trinajstić information content (AvgIpc) is 2.69. The molecule has 30 heavy (non-hydrogen) atoms. The SMILES string of the molecule is CCOC(=O)c1cccc(NC(=O)[C@@H](C)Oc2ccc(N(C)S(C)(=O)=O)cc2)c1C. The molecular weight excluding hydrogens is 408 g/mol. The average molecular weight is 435 g/mol. The molecular formula is C21H26N2O6S. The van der Waals surface area contributed by atoms with Crippen LogP contribution in [0.5, 0.6) is 5.75 Å². The summed E-state index contributed by atoms with van der Waals surface area (Å²) < 4.78 is 35.0. The van der Waals surface area contributed by atoms with Crippen molar-refractivity contribution in [2.45, 2.75) is 26.9 Å². The van der Waals surface area contributed by atoms with E-state index < -0.39 is 28.0 Å². The van der Waals surface area contributed by atoms with Crippen molar-refractivity contribution >= 4 is 33.3 Å². The van der Waals surface area contributed by atoms with Crippen molar-refractivity contribution in [3.63, 3.8) is 0 Å². The third kappa shape index (κ3) is 5.73. The number of nitrogens with one attached hydrogen (secondary N) is 1. The highest BCUT2D eigenvalue weighted by molar-refractivity contribution is 7.92. The Balaban J connectivity index is 2.07. The van der Waals surface area contributed by atoms with Crippen LogP contribution < -0.4 is 14.4 Å². The summed E-state index contributed by atoms with van der Waals surface area (Å²) in [6.45, 7) is 5.31. The number of anilines is 2. The number of sulfonamides is 1. The van der Waals surface area contributed by atoms with Crippen LogP contribution in [0.1, 0.15) is 29.8 Å². The Hall–Kier alpha value is -3.07. The van der Waals surface area contributed by atoms with E-state index >= 15 is 0 Å². The molecule has 0 saturated carbocycles. The van der Waals surface area contributed by atoms with Crippen LogP contribution in [-0.2, 0) is 19.6 Å². The van der Waals surface area contributed by atoms with Gasteiger partial charge in [0, 0.05) is 12.7 Å². The van der Waals surface area contributed by atoms with Gasteiger partial charge in [-0.2, -0.15) is 0 Å². The van der Waals surface area contributed by atoms with Crippen LogP contribution in [-0.4, -0.2) is 46.3 Å². The van der Waals surface area contributed by atoms with Crippen molar-refractivity contribution in [1.29, 1.82) is 0 Å². The first kappa shape index (κ1) is 23.2. The molecule has 0 saturated heterocycles. The van der Waals surface area contributed by atoms with Crippen molar-refractivity contribution in [2.24, 2.45) is 0 Å². The molecule has 2 aromatic carbocycles. The number of ether oxygens (including phenoxy) is 2. The lowest BCUT2D eigenvalue weighted by molar-refractivity contribution is -0.122. The minimum Gasteiger partial charge on any atom is -0.481 e. The van der Waals surface area contributed by atoms with Gasteiger partial charge in [-0.15, -0.1) is 0 Å². The number of carbonyl (C=O) groups excluding carboxylic acids is 2. The molecule has 0 spiro atoms. The number of hydrogen-bond donors (Lipinski definition) is 1. The van der Waals surface area contributed by atoms with Crippen LogP contribution in [0.25, 0.3) is 0 Å². The molecule has 0 unspecified atom stereocenters. The van der Waals surface area contributed by atoms with Crippen molar-refractivity contribution in [3.05, 3.63) is 53.6 Å². The number of amides is 1. The Morgan fingerprint density at radius 2 is 1.77 bits per heavy atom. The van der Waals surface area contributed by atoms with Crippen LogP contribution >= 0.6 is 0 Å². The van der Waals surface area contributed by atoms with Crippen LogP contribution in [0.3, 0.4) is 0 Å². The molecule has 9 heteroatoms. The second kappa shape index (κ2) is 9.62. The minimum atomic E-state index is -3.36. The van der Waals surface area contributed by atoms with Crippen molar-refractivity contribution < 1.29 is 27.5 Å². The second-order valence-corrected chi connectivity index (χ2v) is 8.69. The fourth-order valence-electron chi connectivity index (χ4n) is 2.62. The van der Waals surface area contributed by atoms with Gasteiger partial charge in [0.15, 0.2) is 6.10 Å². The van der Waals surface area contributed by atoms with Gasteiger partial charge in [-0.05, 0) is 62.7 Å². The Kier molecular flexibility index (Phi) is 7.44. The molecule has 0 aliphatic carbocycles. The van der Waals surface area contributed by atoms with E-state index in [0.29, 0.717) is 28.3 Å². The molecule has 0 fully saturated rings. The summed E-state index contributed by atoms with van der Waals surface area (Å²) in [7, 11) is -1.91. The van der Waals surface area contributed by atoms with Gasteiger partial charge in [0.1, 0.15) is 5.75 Å². The molecule has 2 aromatic rings. The molecule has 2 rings (SSSR count). The van der Waals surface area contributed by atoms with Gasteiger partial charge in [0.2, 0.25) is 10.0 Å². The van der Waals surface area contributed by atoms with Gasteiger partial charge >= 0.3 is 5.97 Å². The van der Waals surface area contributed by atoms with Crippen LogP contribution in [0.4, 0.5) is 11.4 Å². The highest BCUT2D eigenvalue weighted by Gasteiger charge is 2.19. The Morgan fingerprint density at radius 1 is 1.13 bits per heavy atom. The van der Waals surface area contributed by atoms with E-state index in [0.717, 1.165) is 10.6 Å². The molecule has 0 radical (unpaired) electrons. The third-order valence-corrected chi connectivity index (χ3v) is 5.67. The van der Waals surface area contributed by atoms with Crippen LogP contribution in [0.15, 0.2) is 42.5 Å². The highest BCUT2D eigenvalue weighted by Crippen LogP contribution is 2.23. The smallest absolute Gasteiger partial charge is 0.338 e. The lowest BCUT2D eigenvalue weighted by Crippen LogP contribution is -2.30. The third-order valence-electron chi connectivity index (χ3n) is 4.47. The Morgan fingerprint density at radius 3 is 2.33 bits per heavy atom. The van der Waals surface area contributed by atoms with E-state index in [1.165, 1.54) is 7.05 Å². The molecule has 0 heterocycles. The number of esters is 1. The predicted octanol–water partition coefficient (Wildman–Crippen LogP) is 2.97. The minimum absolute atomic E-state index is 0.262. The zero-order valence-electron chi connectivity index (χ0n) is 17.6. The topological polar surface area (TPSA) is 102 Å². The fourth-order valence-corrected chi connectivity index (χ4v) is 3.12. The van der Waals surface area contributed by atoms with E-state index in [9.17, 15) is 18.0 Å². The molecule has 1 amide bonds. The first-order valence-corrected chi connectivity index (χ1v) is 11.2.